The van der Waals surface area contributed by atoms with Crippen LogP contribution in [0.3, 0.4) is 0 Å². The lowest BCUT2D eigenvalue weighted by Gasteiger charge is -2.17. The van der Waals surface area contributed by atoms with Crippen molar-refractivity contribution in [2.24, 2.45) is 5.18 Å². The lowest BCUT2D eigenvalue weighted by atomic mass is 9.92. The lowest BCUT2D eigenvalue weighted by molar-refractivity contribution is 0.0953. The molecule has 1 unspecified atom stereocenters. The molecule has 1 aliphatic rings. The van der Waals surface area contributed by atoms with Crippen molar-refractivity contribution < 1.29 is 4.79 Å². The molecule has 0 saturated heterocycles. The monoisotopic (exact) mass is 320 g/mol. The Morgan fingerprint density at radius 2 is 2.33 bits per heavy atom. The largest absolute Gasteiger partial charge is 0.352 e. The SMILES string of the molecule is O=NC1CCCc2c(C(=O)NCCc3cccs3)csc21. The van der Waals surface area contributed by atoms with E-state index < -0.39 is 0 Å². The molecule has 2 aromatic rings. The van der Waals surface area contributed by atoms with E-state index in [9.17, 15) is 9.70 Å². The number of carbonyl (C=O) groups is 1. The lowest BCUT2D eigenvalue weighted by Crippen LogP contribution is -2.26. The molecule has 0 spiro atoms. The third kappa shape index (κ3) is 3.06. The van der Waals surface area contributed by atoms with Crippen LogP contribution < -0.4 is 5.32 Å². The van der Waals surface area contributed by atoms with Gasteiger partial charge in [0.05, 0.1) is 5.56 Å². The summed E-state index contributed by atoms with van der Waals surface area (Å²) in [7, 11) is 0. The number of thiophene rings is 2. The molecule has 0 fully saturated rings. The Labute approximate surface area is 131 Å². The predicted octanol–water partition coefficient (Wildman–Crippen LogP) is 3.93. The van der Waals surface area contributed by atoms with Gasteiger partial charge < -0.3 is 5.32 Å². The summed E-state index contributed by atoms with van der Waals surface area (Å²) in [5.74, 6) is -0.0318. The van der Waals surface area contributed by atoms with E-state index in [-0.39, 0.29) is 11.9 Å². The van der Waals surface area contributed by atoms with Crippen LogP contribution in [0.1, 0.15) is 44.6 Å². The number of nitrogens with one attached hydrogen (secondary N) is 1. The van der Waals surface area contributed by atoms with Crippen LogP contribution in [0.5, 0.6) is 0 Å². The summed E-state index contributed by atoms with van der Waals surface area (Å²) in [5, 5.41) is 10.1. The zero-order valence-corrected chi connectivity index (χ0v) is 13.1. The fourth-order valence-corrected chi connectivity index (χ4v) is 4.55. The van der Waals surface area contributed by atoms with Gasteiger partial charge in [0.25, 0.3) is 5.91 Å². The number of carbonyl (C=O) groups excluding carboxylic acids is 1. The van der Waals surface area contributed by atoms with Crippen molar-refractivity contribution in [3.8, 4) is 0 Å². The summed E-state index contributed by atoms with van der Waals surface area (Å²) >= 11 is 3.19. The van der Waals surface area contributed by atoms with E-state index in [2.05, 4.69) is 16.6 Å². The molecule has 1 atom stereocenters. The van der Waals surface area contributed by atoms with Crippen molar-refractivity contribution in [3.63, 3.8) is 0 Å². The second-order valence-corrected chi connectivity index (χ2v) is 7.03. The Hall–Kier alpha value is -1.53. The molecular weight excluding hydrogens is 304 g/mol. The van der Waals surface area contributed by atoms with Crippen LogP contribution in [0.4, 0.5) is 0 Å². The van der Waals surface area contributed by atoms with Gasteiger partial charge in [-0.3, -0.25) is 4.79 Å². The van der Waals surface area contributed by atoms with Gasteiger partial charge in [-0.2, -0.15) is 4.91 Å². The summed E-state index contributed by atoms with van der Waals surface area (Å²) in [5.41, 5.74) is 1.76. The number of nitroso groups, excluding NO2 is 1. The van der Waals surface area contributed by atoms with Crippen molar-refractivity contribution in [1.82, 2.24) is 5.32 Å². The Bertz CT molecular complexity index is 634. The summed E-state index contributed by atoms with van der Waals surface area (Å²) in [4.78, 5) is 25.4. The Kier molecular flexibility index (Phi) is 4.45. The van der Waals surface area contributed by atoms with E-state index >= 15 is 0 Å². The molecule has 1 amide bonds. The number of hydrogen-bond donors (Lipinski definition) is 1. The Balaban J connectivity index is 1.65. The molecule has 1 aliphatic carbocycles. The zero-order valence-electron chi connectivity index (χ0n) is 11.5. The molecule has 110 valence electrons. The highest BCUT2D eigenvalue weighted by atomic mass is 32.1. The standard InChI is InChI=1S/C15H16N2O2S2/c18-15(16-7-6-10-3-2-8-20-10)12-9-21-14-11(12)4-1-5-13(14)17-19/h2-3,8-9,13H,1,4-7H2,(H,16,18). The van der Waals surface area contributed by atoms with Gasteiger partial charge in [-0.25, -0.2) is 0 Å². The summed E-state index contributed by atoms with van der Waals surface area (Å²) < 4.78 is 0. The molecule has 1 N–H and O–H groups in total. The number of hydrogen-bond acceptors (Lipinski definition) is 5. The van der Waals surface area contributed by atoms with E-state index in [4.69, 9.17) is 0 Å². The van der Waals surface area contributed by atoms with Crippen molar-refractivity contribution in [1.29, 1.82) is 0 Å². The first kappa shape index (κ1) is 14.4. The predicted molar refractivity (Wildman–Crippen MR) is 86.1 cm³/mol. The quantitative estimate of drug-likeness (QED) is 0.849. The third-order valence-corrected chi connectivity index (χ3v) is 5.80. The van der Waals surface area contributed by atoms with Gasteiger partial charge in [0, 0.05) is 21.7 Å². The number of fused-ring (bicyclic) bond motifs is 1. The van der Waals surface area contributed by atoms with Gasteiger partial charge in [-0.1, -0.05) is 11.2 Å². The summed E-state index contributed by atoms with van der Waals surface area (Å²) in [6.07, 6.45) is 3.46. The maximum absolute atomic E-state index is 12.3. The van der Waals surface area contributed by atoms with Crippen LogP contribution in [0, 0.1) is 4.91 Å². The average Bonchev–Trinajstić information content (AvgIpc) is 3.15. The fourth-order valence-electron chi connectivity index (χ4n) is 2.68. The van der Waals surface area contributed by atoms with Gasteiger partial charge >= 0.3 is 0 Å². The van der Waals surface area contributed by atoms with Crippen LogP contribution in [0.25, 0.3) is 0 Å². The maximum atomic E-state index is 12.3. The van der Waals surface area contributed by atoms with Gasteiger partial charge in [0.15, 0.2) is 0 Å². The molecule has 2 heterocycles. The first-order valence-electron chi connectivity index (χ1n) is 7.03. The summed E-state index contributed by atoms with van der Waals surface area (Å²) in [6.45, 7) is 0.638. The van der Waals surface area contributed by atoms with E-state index in [1.165, 1.54) is 16.2 Å². The van der Waals surface area contributed by atoms with Crippen LogP contribution >= 0.6 is 22.7 Å². The molecule has 4 nitrogen and oxygen atoms in total. The van der Waals surface area contributed by atoms with Crippen LogP contribution in [-0.2, 0) is 12.8 Å². The van der Waals surface area contributed by atoms with Gasteiger partial charge in [0.1, 0.15) is 6.04 Å². The molecule has 0 saturated carbocycles. The van der Waals surface area contributed by atoms with Crippen LogP contribution in [0.15, 0.2) is 28.1 Å². The highest BCUT2D eigenvalue weighted by Gasteiger charge is 2.27. The van der Waals surface area contributed by atoms with E-state index in [0.717, 1.165) is 41.7 Å². The van der Waals surface area contributed by atoms with Crippen molar-refractivity contribution in [2.75, 3.05) is 6.54 Å². The number of rotatable bonds is 5. The van der Waals surface area contributed by atoms with Crippen LogP contribution in [0.2, 0.25) is 0 Å². The zero-order chi connectivity index (χ0) is 14.7. The minimum atomic E-state index is -0.258. The number of nitrogens with zero attached hydrogens (tertiary/aromatic N) is 1. The van der Waals surface area contributed by atoms with Crippen molar-refractivity contribution in [3.05, 3.63) is 48.7 Å². The molecule has 0 radical (unpaired) electrons. The molecule has 6 heteroatoms. The van der Waals surface area contributed by atoms with Crippen molar-refractivity contribution >= 4 is 28.6 Å². The first-order chi connectivity index (χ1) is 10.3. The second kappa shape index (κ2) is 6.49. The average molecular weight is 320 g/mol. The molecule has 21 heavy (non-hydrogen) atoms. The minimum absolute atomic E-state index is 0.0318. The highest BCUT2D eigenvalue weighted by Crippen LogP contribution is 2.38. The molecule has 3 rings (SSSR count). The molecular formula is C15H16N2O2S2. The van der Waals surface area contributed by atoms with Crippen LogP contribution in [-0.4, -0.2) is 12.5 Å². The van der Waals surface area contributed by atoms with Crippen molar-refractivity contribution in [2.45, 2.75) is 31.7 Å². The fraction of sp³-hybridized carbons (Fsp3) is 0.400. The number of amides is 1. The topological polar surface area (TPSA) is 58.5 Å². The van der Waals surface area contributed by atoms with E-state index in [0.29, 0.717) is 6.54 Å². The smallest absolute Gasteiger partial charge is 0.252 e. The maximum Gasteiger partial charge on any atom is 0.252 e. The Morgan fingerprint density at radius 1 is 1.43 bits per heavy atom. The van der Waals surface area contributed by atoms with E-state index in [1.54, 1.807) is 11.3 Å². The van der Waals surface area contributed by atoms with Gasteiger partial charge in [-0.15, -0.1) is 22.7 Å². The second-order valence-electron chi connectivity index (χ2n) is 5.09. The normalized spacial score (nSPS) is 17.2. The third-order valence-electron chi connectivity index (χ3n) is 3.74. The Morgan fingerprint density at radius 3 is 3.10 bits per heavy atom. The van der Waals surface area contributed by atoms with Gasteiger partial charge in [0.2, 0.25) is 0 Å². The summed E-state index contributed by atoms with van der Waals surface area (Å²) in [6, 6.07) is 3.83. The minimum Gasteiger partial charge on any atom is -0.352 e. The van der Waals surface area contributed by atoms with E-state index in [1.807, 2.05) is 16.8 Å². The molecule has 2 aromatic heterocycles. The molecule has 0 aromatic carbocycles. The highest BCUT2D eigenvalue weighted by molar-refractivity contribution is 7.10. The van der Waals surface area contributed by atoms with Gasteiger partial charge in [-0.05, 0) is 42.7 Å². The first-order valence-corrected chi connectivity index (χ1v) is 8.79. The molecule has 0 bridgehead atoms. The molecule has 0 aliphatic heterocycles.